The second kappa shape index (κ2) is 3.99. The van der Waals surface area contributed by atoms with Crippen LogP contribution in [0.4, 0.5) is 10.1 Å². The Balaban J connectivity index is 2.19. The number of oxazole rings is 1. The highest BCUT2D eigenvalue weighted by atomic mass is 35.5. The molecule has 0 aliphatic rings. The molecule has 2 N–H and O–H groups in total. The number of anilines is 1. The van der Waals surface area contributed by atoms with Crippen LogP contribution in [0, 0.1) is 5.82 Å². The largest absolute Gasteiger partial charge is 0.435 e. The third kappa shape index (κ3) is 1.80. The van der Waals surface area contributed by atoms with Gasteiger partial charge >= 0.3 is 0 Å². The molecule has 0 saturated heterocycles. The summed E-state index contributed by atoms with van der Waals surface area (Å²) >= 11 is 5.89. The van der Waals surface area contributed by atoms with Gasteiger partial charge in [-0.15, -0.1) is 0 Å². The fourth-order valence-electron chi connectivity index (χ4n) is 1.71. The van der Waals surface area contributed by atoms with Gasteiger partial charge in [0.1, 0.15) is 11.3 Å². The zero-order valence-electron chi connectivity index (χ0n) is 9.15. The quantitative estimate of drug-likeness (QED) is 0.677. The number of hydrogen-bond donors (Lipinski definition) is 1. The van der Waals surface area contributed by atoms with Crippen LogP contribution in [0.2, 0.25) is 5.02 Å². The molecule has 0 fully saturated rings. The zero-order chi connectivity index (χ0) is 12.7. The number of rotatable bonds is 1. The van der Waals surface area contributed by atoms with Gasteiger partial charge in [-0.05, 0) is 30.3 Å². The van der Waals surface area contributed by atoms with Crippen molar-refractivity contribution in [2.75, 3.05) is 5.73 Å². The standard InChI is InChI=1S/C13H8ClFN2O/c14-10-5-8(15)6-11-12(10)18-13(17-11)7-1-3-9(16)4-2-7/h1-6H,16H2. The Morgan fingerprint density at radius 1 is 1.17 bits per heavy atom. The second-order valence-corrected chi connectivity index (χ2v) is 4.28. The van der Waals surface area contributed by atoms with Gasteiger partial charge in [-0.3, -0.25) is 0 Å². The molecule has 0 spiro atoms. The lowest BCUT2D eigenvalue weighted by atomic mass is 10.2. The van der Waals surface area contributed by atoms with Crippen LogP contribution < -0.4 is 5.73 Å². The van der Waals surface area contributed by atoms with Crippen molar-refractivity contribution in [3.8, 4) is 11.5 Å². The fraction of sp³-hybridized carbons (Fsp3) is 0. The average molecular weight is 263 g/mol. The van der Waals surface area contributed by atoms with Crippen molar-refractivity contribution in [1.82, 2.24) is 4.98 Å². The van der Waals surface area contributed by atoms with E-state index in [0.29, 0.717) is 22.7 Å². The molecule has 0 atom stereocenters. The molecule has 0 bridgehead atoms. The molecule has 0 saturated carbocycles. The normalized spacial score (nSPS) is 11.0. The van der Waals surface area contributed by atoms with E-state index in [-0.39, 0.29) is 5.02 Å². The summed E-state index contributed by atoms with van der Waals surface area (Å²) in [7, 11) is 0. The third-order valence-electron chi connectivity index (χ3n) is 2.57. The van der Waals surface area contributed by atoms with Crippen LogP contribution in [0.25, 0.3) is 22.6 Å². The van der Waals surface area contributed by atoms with E-state index >= 15 is 0 Å². The third-order valence-corrected chi connectivity index (χ3v) is 2.85. The van der Waals surface area contributed by atoms with Gasteiger partial charge in [0, 0.05) is 17.3 Å². The lowest BCUT2D eigenvalue weighted by Gasteiger charge is -1.95. The van der Waals surface area contributed by atoms with E-state index in [0.717, 1.165) is 5.56 Å². The number of benzene rings is 2. The summed E-state index contributed by atoms with van der Waals surface area (Å²) in [5.41, 5.74) is 7.79. The van der Waals surface area contributed by atoms with Crippen LogP contribution in [-0.4, -0.2) is 4.98 Å². The first-order valence-corrected chi connectivity index (χ1v) is 5.63. The van der Waals surface area contributed by atoms with Crippen molar-refractivity contribution in [2.45, 2.75) is 0 Å². The minimum absolute atomic E-state index is 0.208. The fourth-order valence-corrected chi connectivity index (χ4v) is 1.95. The Morgan fingerprint density at radius 3 is 2.61 bits per heavy atom. The van der Waals surface area contributed by atoms with Crippen LogP contribution in [0.1, 0.15) is 0 Å². The van der Waals surface area contributed by atoms with Gasteiger partial charge in [0.25, 0.3) is 0 Å². The predicted molar refractivity (Wildman–Crippen MR) is 68.8 cm³/mol. The first-order chi connectivity index (χ1) is 8.63. The molecular formula is C13H8ClFN2O. The molecule has 5 heteroatoms. The lowest BCUT2D eigenvalue weighted by Crippen LogP contribution is -1.83. The maximum absolute atomic E-state index is 13.2. The van der Waals surface area contributed by atoms with Crippen molar-refractivity contribution in [3.05, 3.63) is 47.2 Å². The Bertz CT molecular complexity index is 722. The van der Waals surface area contributed by atoms with Gasteiger partial charge in [0.2, 0.25) is 5.89 Å². The second-order valence-electron chi connectivity index (χ2n) is 3.88. The Labute approximate surface area is 107 Å². The molecule has 0 amide bonds. The smallest absolute Gasteiger partial charge is 0.227 e. The van der Waals surface area contributed by atoms with E-state index in [1.807, 2.05) is 0 Å². The minimum atomic E-state index is -0.440. The molecule has 3 nitrogen and oxygen atoms in total. The van der Waals surface area contributed by atoms with Crippen LogP contribution in [0.3, 0.4) is 0 Å². The van der Waals surface area contributed by atoms with Crippen molar-refractivity contribution in [2.24, 2.45) is 0 Å². The molecule has 0 aliphatic carbocycles. The SMILES string of the molecule is Nc1ccc(-c2nc3cc(F)cc(Cl)c3o2)cc1. The number of aromatic nitrogens is 1. The van der Waals surface area contributed by atoms with Gasteiger partial charge in [-0.2, -0.15) is 0 Å². The van der Waals surface area contributed by atoms with E-state index in [2.05, 4.69) is 4.98 Å². The van der Waals surface area contributed by atoms with Crippen LogP contribution in [-0.2, 0) is 0 Å². The highest BCUT2D eigenvalue weighted by Gasteiger charge is 2.12. The van der Waals surface area contributed by atoms with E-state index in [4.69, 9.17) is 21.8 Å². The molecule has 0 radical (unpaired) electrons. The summed E-state index contributed by atoms with van der Waals surface area (Å²) in [5, 5.41) is 0.208. The van der Waals surface area contributed by atoms with Crippen LogP contribution >= 0.6 is 11.6 Å². The molecule has 1 heterocycles. The number of hydrogen-bond acceptors (Lipinski definition) is 3. The summed E-state index contributed by atoms with van der Waals surface area (Å²) in [5.74, 6) is -0.0536. The number of nitrogens with two attached hydrogens (primary N) is 1. The van der Waals surface area contributed by atoms with Gasteiger partial charge in [0.15, 0.2) is 5.58 Å². The van der Waals surface area contributed by atoms with E-state index in [1.54, 1.807) is 24.3 Å². The number of fused-ring (bicyclic) bond motifs is 1. The van der Waals surface area contributed by atoms with E-state index < -0.39 is 5.82 Å². The average Bonchev–Trinajstić information content (AvgIpc) is 2.74. The number of nitrogens with zero attached hydrogens (tertiary/aromatic N) is 1. The highest BCUT2D eigenvalue weighted by Crippen LogP contribution is 2.30. The molecular weight excluding hydrogens is 255 g/mol. The lowest BCUT2D eigenvalue weighted by molar-refractivity contribution is 0.614. The summed E-state index contributed by atoms with van der Waals surface area (Å²) in [6.07, 6.45) is 0. The molecule has 0 unspecified atom stereocenters. The van der Waals surface area contributed by atoms with E-state index in [1.165, 1.54) is 12.1 Å². The summed E-state index contributed by atoms with van der Waals surface area (Å²) in [4.78, 5) is 4.20. The summed E-state index contributed by atoms with van der Waals surface area (Å²) < 4.78 is 18.7. The first-order valence-electron chi connectivity index (χ1n) is 5.25. The van der Waals surface area contributed by atoms with Gasteiger partial charge in [-0.25, -0.2) is 9.37 Å². The van der Waals surface area contributed by atoms with Crippen LogP contribution in [0.15, 0.2) is 40.8 Å². The minimum Gasteiger partial charge on any atom is -0.435 e. The Morgan fingerprint density at radius 2 is 1.89 bits per heavy atom. The number of halogens is 2. The van der Waals surface area contributed by atoms with Gasteiger partial charge in [-0.1, -0.05) is 11.6 Å². The zero-order valence-corrected chi connectivity index (χ0v) is 9.91. The Kier molecular flexibility index (Phi) is 2.45. The molecule has 18 heavy (non-hydrogen) atoms. The molecule has 3 aromatic rings. The van der Waals surface area contributed by atoms with E-state index in [9.17, 15) is 4.39 Å². The van der Waals surface area contributed by atoms with Crippen molar-refractivity contribution >= 4 is 28.4 Å². The topological polar surface area (TPSA) is 52.0 Å². The maximum Gasteiger partial charge on any atom is 0.227 e. The first kappa shape index (κ1) is 11.0. The monoisotopic (exact) mass is 262 g/mol. The molecule has 0 aliphatic heterocycles. The highest BCUT2D eigenvalue weighted by molar-refractivity contribution is 6.34. The van der Waals surface area contributed by atoms with Crippen molar-refractivity contribution in [1.29, 1.82) is 0 Å². The Hall–Kier alpha value is -2.07. The van der Waals surface area contributed by atoms with Crippen molar-refractivity contribution in [3.63, 3.8) is 0 Å². The summed E-state index contributed by atoms with van der Waals surface area (Å²) in [6.45, 7) is 0. The number of nitrogen functional groups attached to an aromatic ring is 1. The van der Waals surface area contributed by atoms with Crippen LogP contribution in [0.5, 0.6) is 0 Å². The molecule has 2 aromatic carbocycles. The molecule has 3 rings (SSSR count). The van der Waals surface area contributed by atoms with Gasteiger partial charge < -0.3 is 10.2 Å². The molecule has 1 aromatic heterocycles. The summed E-state index contributed by atoms with van der Waals surface area (Å²) in [6, 6.07) is 9.53. The predicted octanol–water partition coefficient (Wildman–Crippen LogP) is 3.87. The maximum atomic E-state index is 13.2. The molecule has 90 valence electrons. The van der Waals surface area contributed by atoms with Gasteiger partial charge in [0.05, 0.1) is 5.02 Å². The van der Waals surface area contributed by atoms with Crippen molar-refractivity contribution < 1.29 is 8.81 Å².